The average molecular weight is 626 g/mol. The third-order valence-electron chi connectivity index (χ3n) is 6.68. The Hall–Kier alpha value is -3.39. The number of fused-ring (bicyclic) bond motifs is 1. The van der Waals surface area contributed by atoms with Gasteiger partial charge in [0.2, 0.25) is 0 Å². The third-order valence-corrected chi connectivity index (χ3v) is 9.53. The zero-order chi connectivity index (χ0) is 30.5. The van der Waals surface area contributed by atoms with Crippen molar-refractivity contribution in [2.45, 2.75) is 31.2 Å². The van der Waals surface area contributed by atoms with Crippen LogP contribution >= 0.6 is 11.6 Å². The van der Waals surface area contributed by atoms with E-state index >= 15 is 0 Å². The summed E-state index contributed by atoms with van der Waals surface area (Å²) < 4.78 is 68.4. The number of ether oxygens (including phenoxy) is 1. The Morgan fingerprint density at radius 1 is 1.14 bits per heavy atom. The summed E-state index contributed by atoms with van der Waals surface area (Å²) in [7, 11) is -3.48. The van der Waals surface area contributed by atoms with Crippen molar-refractivity contribution in [3.63, 3.8) is 0 Å². The minimum Gasteiger partial charge on any atom is -0.456 e. The van der Waals surface area contributed by atoms with E-state index in [-0.39, 0.29) is 28.8 Å². The fourth-order valence-corrected chi connectivity index (χ4v) is 5.40. The monoisotopic (exact) mass is 625 g/mol. The number of aliphatic hydroxyl groups is 1. The molecule has 0 bridgehead atoms. The van der Waals surface area contributed by atoms with Crippen LogP contribution < -0.4 is 20.7 Å². The molecule has 0 atom stereocenters. The van der Waals surface area contributed by atoms with Gasteiger partial charge in [0.05, 0.1) is 33.3 Å². The van der Waals surface area contributed by atoms with Crippen LogP contribution in [-0.4, -0.2) is 60.2 Å². The van der Waals surface area contributed by atoms with E-state index in [0.717, 1.165) is 17.7 Å². The third kappa shape index (κ3) is 7.71. The van der Waals surface area contributed by atoms with Crippen LogP contribution in [0.5, 0.6) is 11.5 Å². The maximum Gasteiger partial charge on any atom is 0.416 e. The predicted octanol–water partition coefficient (Wildman–Crippen LogP) is 5.66. The first-order valence-electron chi connectivity index (χ1n) is 13.0. The number of alkyl halides is 3. The summed E-state index contributed by atoms with van der Waals surface area (Å²) in [5.41, 5.74) is 1.43. The van der Waals surface area contributed by atoms with Crippen LogP contribution in [0, 0.1) is 0 Å². The number of sulfone groups is 1. The summed E-state index contributed by atoms with van der Waals surface area (Å²) in [4.78, 5) is 8.70. The molecular weight excluding hydrogens is 595 g/mol. The lowest BCUT2D eigenvalue weighted by Crippen LogP contribution is -2.40. The highest BCUT2D eigenvalue weighted by molar-refractivity contribution is 7.92. The average Bonchev–Trinajstić information content (AvgIpc) is 3.15. The number of aliphatic hydroxyl groups excluding tert-OH is 1. The van der Waals surface area contributed by atoms with Crippen LogP contribution in [0.2, 0.25) is 5.02 Å². The van der Waals surface area contributed by atoms with E-state index in [1.54, 1.807) is 18.2 Å². The first-order valence-corrected chi connectivity index (χ1v) is 15.1. The van der Waals surface area contributed by atoms with Crippen LogP contribution in [0.1, 0.15) is 31.4 Å². The van der Waals surface area contributed by atoms with Crippen LogP contribution in [0.4, 0.5) is 30.5 Å². The van der Waals surface area contributed by atoms with Gasteiger partial charge in [-0.3, -0.25) is 0 Å². The molecule has 0 amide bonds. The van der Waals surface area contributed by atoms with Gasteiger partial charge in [-0.25, -0.2) is 18.4 Å². The van der Waals surface area contributed by atoms with Gasteiger partial charge < -0.3 is 25.8 Å². The summed E-state index contributed by atoms with van der Waals surface area (Å²) >= 11 is 6.40. The van der Waals surface area contributed by atoms with Crippen LogP contribution in [0.3, 0.4) is 0 Å². The molecule has 14 heteroatoms. The maximum absolute atomic E-state index is 13.0. The molecule has 0 fully saturated rings. The second-order valence-electron chi connectivity index (χ2n) is 10.3. The molecule has 0 saturated heterocycles. The van der Waals surface area contributed by atoms with Crippen LogP contribution in [0.25, 0.3) is 6.08 Å². The Bertz CT molecular complexity index is 1570. The Morgan fingerprint density at radius 3 is 2.64 bits per heavy atom. The van der Waals surface area contributed by atoms with Gasteiger partial charge in [-0.1, -0.05) is 23.2 Å². The topological polar surface area (TPSA) is 125 Å². The molecule has 0 radical (unpaired) electrons. The molecule has 4 N–H and O–H groups in total. The van der Waals surface area contributed by atoms with Gasteiger partial charge in [0, 0.05) is 25.3 Å². The molecule has 1 aliphatic rings. The molecule has 4 rings (SSSR count). The summed E-state index contributed by atoms with van der Waals surface area (Å²) in [5.74, 6) is 1.18. The lowest BCUT2D eigenvalue weighted by Gasteiger charge is -2.22. The van der Waals surface area contributed by atoms with E-state index in [1.165, 1.54) is 32.3 Å². The van der Waals surface area contributed by atoms with Gasteiger partial charge >= 0.3 is 6.18 Å². The zero-order valence-corrected chi connectivity index (χ0v) is 24.5. The molecule has 2 heterocycles. The van der Waals surface area contributed by atoms with E-state index in [0.29, 0.717) is 42.4 Å². The Kier molecular flexibility index (Phi) is 9.66. The minimum atomic E-state index is -4.50. The number of hydrogen-bond donors (Lipinski definition) is 4. The fraction of sp³-hybridized carbons (Fsp3) is 0.357. The van der Waals surface area contributed by atoms with E-state index < -0.39 is 32.9 Å². The molecule has 1 aliphatic heterocycles. The Labute approximate surface area is 247 Å². The lowest BCUT2D eigenvalue weighted by molar-refractivity contribution is -0.137. The first kappa shape index (κ1) is 31.5. The Morgan fingerprint density at radius 2 is 1.93 bits per heavy atom. The molecule has 0 aliphatic carbocycles. The number of benzene rings is 2. The molecule has 2 aromatic carbocycles. The molecule has 3 aromatic rings. The quantitative estimate of drug-likeness (QED) is 0.200. The van der Waals surface area contributed by atoms with Crippen molar-refractivity contribution in [3.8, 4) is 11.5 Å². The van der Waals surface area contributed by atoms with Crippen molar-refractivity contribution in [1.29, 1.82) is 0 Å². The number of nitrogens with zero attached hydrogens (tertiary/aromatic N) is 2. The fourth-order valence-electron chi connectivity index (χ4n) is 4.02. The molecular formula is C28H31ClF3N5O4S. The van der Waals surface area contributed by atoms with Gasteiger partial charge in [0.1, 0.15) is 29.5 Å². The molecule has 0 saturated carbocycles. The van der Waals surface area contributed by atoms with Crippen molar-refractivity contribution in [3.05, 3.63) is 70.5 Å². The van der Waals surface area contributed by atoms with Crippen molar-refractivity contribution >= 4 is 44.8 Å². The number of halogens is 4. The van der Waals surface area contributed by atoms with Gasteiger partial charge in [0.15, 0.2) is 9.84 Å². The molecule has 42 heavy (non-hydrogen) atoms. The zero-order valence-electron chi connectivity index (χ0n) is 22.9. The summed E-state index contributed by atoms with van der Waals surface area (Å²) in [5, 5.41) is 19.2. The van der Waals surface area contributed by atoms with Gasteiger partial charge in [-0.2, -0.15) is 13.2 Å². The predicted molar refractivity (Wildman–Crippen MR) is 157 cm³/mol. The van der Waals surface area contributed by atoms with Gasteiger partial charge in [0.25, 0.3) is 0 Å². The van der Waals surface area contributed by atoms with Gasteiger partial charge in [-0.05, 0) is 62.7 Å². The van der Waals surface area contributed by atoms with Gasteiger partial charge in [-0.15, -0.1) is 0 Å². The minimum absolute atomic E-state index is 0.000567. The molecule has 0 unspecified atom stereocenters. The highest BCUT2D eigenvalue weighted by Crippen LogP contribution is 2.36. The van der Waals surface area contributed by atoms with E-state index in [9.17, 15) is 26.7 Å². The number of aromatic nitrogens is 2. The molecule has 0 spiro atoms. The summed E-state index contributed by atoms with van der Waals surface area (Å²) in [6, 6.07) is 9.31. The smallest absolute Gasteiger partial charge is 0.416 e. The van der Waals surface area contributed by atoms with Crippen molar-refractivity contribution in [1.82, 2.24) is 15.3 Å². The maximum atomic E-state index is 13.0. The normalized spacial score (nSPS) is 13.9. The second kappa shape index (κ2) is 12.9. The SMILES string of the molecule is CC(C)(CO)S(=O)(=O)CCNCC1=Cc2c(ncnc2Nc2ccc(Oc3cccc(C(F)(F)F)c3)c(Cl)c2)NCC1. The number of nitrogens with one attached hydrogen (secondary N) is 3. The van der Waals surface area contributed by atoms with E-state index in [2.05, 4.69) is 25.9 Å². The number of hydrogen-bond acceptors (Lipinski definition) is 9. The van der Waals surface area contributed by atoms with Crippen molar-refractivity contribution < 1.29 is 31.4 Å². The number of rotatable bonds is 11. The summed E-state index contributed by atoms with van der Waals surface area (Å²) in [6.45, 7) is 3.83. The van der Waals surface area contributed by atoms with Crippen LogP contribution in [0.15, 0.2) is 54.4 Å². The van der Waals surface area contributed by atoms with E-state index in [4.69, 9.17) is 16.3 Å². The molecule has 226 valence electrons. The van der Waals surface area contributed by atoms with Crippen LogP contribution in [-0.2, 0) is 16.0 Å². The highest BCUT2D eigenvalue weighted by atomic mass is 35.5. The van der Waals surface area contributed by atoms with Crippen molar-refractivity contribution in [2.75, 3.05) is 42.6 Å². The standard InChI is InChI=1S/C28H31ClF3N5O4S/c1-27(2,16-38)42(39,40)11-10-33-15-18-8-9-34-25-22(12-18)26(36-17-35-25)37-20-6-7-24(23(29)14-20)41-21-5-3-4-19(13-21)28(30,31)32/h3-7,12-14,17,33,38H,8-11,15-16H2,1-2H3,(H2,34,35,36,37). The second-order valence-corrected chi connectivity index (χ2v) is 13.4. The summed E-state index contributed by atoms with van der Waals surface area (Å²) in [6.07, 6.45) is -0.468. The largest absolute Gasteiger partial charge is 0.456 e. The lowest BCUT2D eigenvalue weighted by atomic mass is 10.1. The number of anilines is 3. The Balaban J connectivity index is 1.46. The van der Waals surface area contributed by atoms with E-state index in [1.807, 2.05) is 6.08 Å². The first-order chi connectivity index (χ1) is 19.8. The molecule has 1 aromatic heterocycles. The van der Waals surface area contributed by atoms with Crippen molar-refractivity contribution in [2.24, 2.45) is 0 Å². The highest BCUT2D eigenvalue weighted by Gasteiger charge is 2.33. The molecule has 9 nitrogen and oxygen atoms in total.